The first-order valence-electron chi connectivity index (χ1n) is 11.5. The van der Waals surface area contributed by atoms with Gasteiger partial charge in [-0.15, -0.1) is 0 Å². The number of amides is 1. The molecule has 4 aromatic heterocycles. The Morgan fingerprint density at radius 2 is 1.94 bits per heavy atom. The number of H-pyrrole nitrogens is 1. The molecule has 0 bridgehead atoms. The molecule has 0 aromatic carbocycles. The normalized spacial score (nSPS) is 17.3. The smallest absolute Gasteiger partial charge is 0.281 e. The Labute approximate surface area is 210 Å². The van der Waals surface area contributed by atoms with E-state index in [1.165, 1.54) is 18.2 Å². The third-order valence-electron chi connectivity index (χ3n) is 6.15. The molecule has 1 aliphatic rings. The monoisotopic (exact) mass is 508 g/mol. The topological polar surface area (TPSA) is 130 Å². The molecule has 0 saturated carbocycles. The number of anilines is 1. The molecule has 5 rings (SSSR count). The van der Waals surface area contributed by atoms with Gasteiger partial charge in [0.25, 0.3) is 15.9 Å². The van der Waals surface area contributed by atoms with Crippen molar-refractivity contribution in [1.29, 1.82) is 0 Å². The second kappa shape index (κ2) is 8.90. The number of rotatable bonds is 6. The predicted molar refractivity (Wildman–Crippen MR) is 137 cm³/mol. The Bertz CT molecular complexity index is 1560. The minimum Gasteiger partial charge on any atom is -0.421 e. The molecule has 10 nitrogen and oxygen atoms in total. The van der Waals surface area contributed by atoms with E-state index in [0.717, 1.165) is 18.5 Å². The summed E-state index contributed by atoms with van der Waals surface area (Å²) in [6.07, 6.45) is 4.29. The maximum absolute atomic E-state index is 13.1. The first-order valence-corrected chi connectivity index (χ1v) is 13.0. The number of hydrogen-bond donors (Lipinski definition) is 2. The summed E-state index contributed by atoms with van der Waals surface area (Å²) in [5, 5.41) is -0.350. The van der Waals surface area contributed by atoms with Crippen LogP contribution in [-0.4, -0.2) is 46.3 Å². The van der Waals surface area contributed by atoms with E-state index < -0.39 is 15.9 Å². The standard InChI is InChI=1S/C25H26N6O4S.H2/c1-16-14-25(2,3)31(15-16)23-17(6-5-12-27-23)24(32)30-36(33,34)22-8-4-7-20(29-22)35-21-10-9-18-19(28-21)11-13-26-18;/h4-13,16,26H,14-15H2,1-3H3,(H,30,32);1H. The quantitative estimate of drug-likeness (QED) is 0.398. The van der Waals surface area contributed by atoms with Crippen molar-refractivity contribution in [3.8, 4) is 11.8 Å². The third-order valence-corrected chi connectivity index (χ3v) is 7.38. The molecule has 4 aromatic rings. The summed E-state index contributed by atoms with van der Waals surface area (Å²) < 4.78 is 33.9. The lowest BCUT2D eigenvalue weighted by Crippen LogP contribution is -2.41. The highest BCUT2D eigenvalue weighted by Gasteiger charge is 2.39. The number of aromatic amines is 1. The van der Waals surface area contributed by atoms with Crippen LogP contribution in [0.5, 0.6) is 11.8 Å². The SMILES string of the molecule is CC1CN(c2ncccc2C(=O)NS(=O)(=O)c2cccc(Oc3ccc4[nH]ccc4n3)n2)C(C)(C)C1.[HH]. The molecule has 188 valence electrons. The number of nitrogens with one attached hydrogen (secondary N) is 2. The Kier molecular flexibility index (Phi) is 5.87. The van der Waals surface area contributed by atoms with Crippen LogP contribution < -0.4 is 14.4 Å². The van der Waals surface area contributed by atoms with E-state index >= 15 is 0 Å². The lowest BCUT2D eigenvalue weighted by molar-refractivity contribution is 0.0981. The van der Waals surface area contributed by atoms with Gasteiger partial charge in [-0.3, -0.25) is 4.79 Å². The largest absolute Gasteiger partial charge is 0.421 e. The molecule has 1 fully saturated rings. The van der Waals surface area contributed by atoms with E-state index in [4.69, 9.17) is 4.74 Å². The maximum Gasteiger partial charge on any atom is 0.281 e. The summed E-state index contributed by atoms with van der Waals surface area (Å²) in [4.78, 5) is 31.1. The predicted octanol–water partition coefficient (Wildman–Crippen LogP) is 4.13. The van der Waals surface area contributed by atoms with Crippen molar-refractivity contribution in [2.45, 2.75) is 37.8 Å². The molecule has 1 unspecified atom stereocenters. The van der Waals surface area contributed by atoms with Gasteiger partial charge in [-0.05, 0) is 56.5 Å². The Hall–Kier alpha value is -3.99. The van der Waals surface area contributed by atoms with Crippen molar-refractivity contribution in [2.75, 3.05) is 11.4 Å². The molecular weight excluding hydrogens is 480 g/mol. The molecule has 36 heavy (non-hydrogen) atoms. The van der Waals surface area contributed by atoms with Crippen LogP contribution in [-0.2, 0) is 10.0 Å². The minimum atomic E-state index is -4.29. The van der Waals surface area contributed by atoms with E-state index in [1.807, 2.05) is 0 Å². The van der Waals surface area contributed by atoms with Gasteiger partial charge >= 0.3 is 0 Å². The fraction of sp³-hybridized carbons (Fsp3) is 0.280. The van der Waals surface area contributed by atoms with Crippen molar-refractivity contribution >= 4 is 32.8 Å². The van der Waals surface area contributed by atoms with Crippen LogP contribution in [0.25, 0.3) is 11.0 Å². The third kappa shape index (κ3) is 4.61. The second-order valence-corrected chi connectivity index (χ2v) is 11.1. The van der Waals surface area contributed by atoms with E-state index in [9.17, 15) is 13.2 Å². The molecule has 0 radical (unpaired) electrons. The van der Waals surface area contributed by atoms with Crippen LogP contribution in [0.15, 0.2) is 66.0 Å². The van der Waals surface area contributed by atoms with Gasteiger partial charge < -0.3 is 14.6 Å². The first kappa shape index (κ1) is 23.7. The van der Waals surface area contributed by atoms with Gasteiger partial charge in [-0.2, -0.15) is 13.4 Å². The van der Waals surface area contributed by atoms with Gasteiger partial charge in [0.1, 0.15) is 5.82 Å². The zero-order valence-electron chi connectivity index (χ0n) is 20.1. The fourth-order valence-corrected chi connectivity index (χ4v) is 5.59. The highest BCUT2D eigenvalue weighted by molar-refractivity contribution is 7.90. The van der Waals surface area contributed by atoms with Gasteiger partial charge in [0.05, 0.1) is 16.6 Å². The summed E-state index contributed by atoms with van der Waals surface area (Å²) in [6.45, 7) is 7.03. The fourth-order valence-electron chi connectivity index (χ4n) is 4.66. The summed E-state index contributed by atoms with van der Waals surface area (Å²) in [5.74, 6) is 0.385. The number of fused-ring (bicyclic) bond motifs is 1. The van der Waals surface area contributed by atoms with Crippen LogP contribution in [0.3, 0.4) is 0 Å². The molecule has 2 N–H and O–H groups in total. The van der Waals surface area contributed by atoms with Crippen molar-refractivity contribution in [2.24, 2.45) is 5.92 Å². The average molecular weight is 509 g/mol. The van der Waals surface area contributed by atoms with E-state index in [2.05, 4.69) is 50.3 Å². The van der Waals surface area contributed by atoms with Gasteiger partial charge in [-0.25, -0.2) is 14.7 Å². The van der Waals surface area contributed by atoms with Crippen molar-refractivity contribution in [3.05, 3.63) is 66.5 Å². The number of carbonyl (C=O) groups excluding carboxylic acids is 1. The number of carbonyl (C=O) groups is 1. The van der Waals surface area contributed by atoms with Crippen molar-refractivity contribution in [3.63, 3.8) is 0 Å². The minimum absolute atomic E-state index is 0. The second-order valence-electron chi connectivity index (χ2n) is 9.52. The summed E-state index contributed by atoms with van der Waals surface area (Å²) in [7, 11) is -4.29. The molecule has 1 saturated heterocycles. The van der Waals surface area contributed by atoms with Crippen molar-refractivity contribution < 1.29 is 19.4 Å². The number of ether oxygens (including phenoxy) is 1. The number of aromatic nitrogens is 4. The van der Waals surface area contributed by atoms with E-state index in [0.29, 0.717) is 17.3 Å². The lowest BCUT2D eigenvalue weighted by Gasteiger charge is -2.33. The lowest BCUT2D eigenvalue weighted by atomic mass is 9.97. The number of nitrogens with zero attached hydrogens (tertiary/aromatic N) is 4. The maximum atomic E-state index is 13.1. The molecule has 11 heteroatoms. The van der Waals surface area contributed by atoms with Crippen LogP contribution in [0.4, 0.5) is 5.82 Å². The van der Waals surface area contributed by atoms with Crippen LogP contribution >= 0.6 is 0 Å². The Morgan fingerprint density at radius 1 is 1.14 bits per heavy atom. The van der Waals surface area contributed by atoms with Crippen LogP contribution in [0.2, 0.25) is 0 Å². The van der Waals surface area contributed by atoms with Gasteiger partial charge in [0.2, 0.25) is 11.8 Å². The molecule has 1 atom stereocenters. The molecule has 0 spiro atoms. The number of hydrogen-bond acceptors (Lipinski definition) is 8. The summed E-state index contributed by atoms with van der Waals surface area (Å²) >= 11 is 0. The van der Waals surface area contributed by atoms with Crippen LogP contribution in [0, 0.1) is 5.92 Å². The van der Waals surface area contributed by atoms with Crippen molar-refractivity contribution in [1.82, 2.24) is 24.7 Å². The molecule has 1 amide bonds. The van der Waals surface area contributed by atoms with Gasteiger partial charge in [-0.1, -0.05) is 13.0 Å². The van der Waals surface area contributed by atoms with Gasteiger partial charge in [0, 0.05) is 38.0 Å². The molecular formula is C25H28N6O4S. The van der Waals surface area contributed by atoms with Crippen LogP contribution in [0.1, 0.15) is 39.0 Å². The zero-order valence-corrected chi connectivity index (χ0v) is 20.9. The number of pyridine rings is 3. The molecule has 0 aliphatic carbocycles. The highest BCUT2D eigenvalue weighted by atomic mass is 32.2. The Balaban J connectivity index is 0.00000320. The van der Waals surface area contributed by atoms with E-state index in [1.54, 1.807) is 42.7 Å². The highest BCUT2D eigenvalue weighted by Crippen LogP contribution is 2.37. The molecule has 1 aliphatic heterocycles. The van der Waals surface area contributed by atoms with E-state index in [-0.39, 0.29) is 29.3 Å². The molecule has 5 heterocycles. The Morgan fingerprint density at radius 3 is 2.72 bits per heavy atom. The zero-order chi connectivity index (χ0) is 25.5. The average Bonchev–Trinajstić information content (AvgIpc) is 3.41. The number of sulfonamides is 1. The summed E-state index contributed by atoms with van der Waals surface area (Å²) in [6, 6.07) is 12.7. The first-order chi connectivity index (χ1) is 17.1. The summed E-state index contributed by atoms with van der Waals surface area (Å²) in [5.41, 5.74) is 1.51. The van der Waals surface area contributed by atoms with Gasteiger partial charge in [0.15, 0.2) is 5.03 Å².